The molecule has 11 nitrogen and oxygen atoms in total. The van der Waals surface area contributed by atoms with Crippen LogP contribution in [0.1, 0.15) is 28.4 Å². The lowest BCUT2D eigenvalue weighted by molar-refractivity contribution is -0.139. The number of nitrogen functional groups attached to an aromatic ring is 1. The summed E-state index contributed by atoms with van der Waals surface area (Å²) in [5.41, 5.74) is 8.46. The van der Waals surface area contributed by atoms with Crippen LogP contribution in [0.3, 0.4) is 0 Å². The van der Waals surface area contributed by atoms with Crippen LogP contribution in [0.5, 0.6) is 11.5 Å². The topological polar surface area (TPSA) is 185 Å². The summed E-state index contributed by atoms with van der Waals surface area (Å²) in [6.07, 6.45) is 0. The predicted molar refractivity (Wildman–Crippen MR) is 150 cm³/mol. The van der Waals surface area contributed by atoms with Gasteiger partial charge in [0.1, 0.15) is 5.84 Å². The van der Waals surface area contributed by atoms with Crippen molar-refractivity contribution in [2.45, 2.75) is 13.5 Å². The van der Waals surface area contributed by atoms with E-state index in [2.05, 4.69) is 15.4 Å². The minimum absolute atomic E-state index is 0.0762. The van der Waals surface area contributed by atoms with Gasteiger partial charge in [0, 0.05) is 58.0 Å². The van der Waals surface area contributed by atoms with E-state index >= 15 is 0 Å². The molecule has 13 heteroatoms. The highest BCUT2D eigenvalue weighted by molar-refractivity contribution is 7.98. The van der Waals surface area contributed by atoms with Crippen molar-refractivity contribution in [2.24, 2.45) is 10.9 Å². The second kappa shape index (κ2) is 13.4. The Morgan fingerprint density at radius 2 is 1.82 bits per heavy atom. The lowest BCUT2D eigenvalue weighted by atomic mass is 10.1. The van der Waals surface area contributed by atoms with E-state index in [-0.39, 0.29) is 23.7 Å². The first-order valence-electron chi connectivity index (χ1n) is 11.3. The third-order valence-electron chi connectivity index (χ3n) is 5.10. The fourth-order valence-electron chi connectivity index (χ4n) is 3.46. The van der Waals surface area contributed by atoms with Gasteiger partial charge in [0.05, 0.1) is 12.2 Å². The molecule has 0 fully saturated rings. The summed E-state index contributed by atoms with van der Waals surface area (Å²) in [5, 5.41) is 28.6. The predicted octanol–water partition coefficient (Wildman–Crippen LogP) is 4.28. The zero-order valence-electron chi connectivity index (χ0n) is 20.3. The molecule has 1 amide bonds. The highest BCUT2D eigenvalue weighted by Gasteiger charge is 2.18. The molecule has 0 aromatic heterocycles. The summed E-state index contributed by atoms with van der Waals surface area (Å²) in [6, 6.07) is 14.8. The quantitative estimate of drug-likeness (QED) is 0.0906. The van der Waals surface area contributed by atoms with Crippen molar-refractivity contribution in [1.82, 2.24) is 0 Å². The van der Waals surface area contributed by atoms with Crippen molar-refractivity contribution in [3.05, 3.63) is 76.3 Å². The number of rotatable bonds is 13. The second-order valence-electron chi connectivity index (χ2n) is 7.79. The summed E-state index contributed by atoms with van der Waals surface area (Å²) < 4.78 is 14.2. The Morgan fingerprint density at radius 3 is 2.45 bits per heavy atom. The van der Waals surface area contributed by atoms with E-state index in [0.717, 1.165) is 12.1 Å². The maximum Gasteiger partial charge on any atom is 0.341 e. The third-order valence-corrected chi connectivity index (χ3v) is 5.69. The molecule has 0 aliphatic carbocycles. The third kappa shape index (κ3) is 7.68. The van der Waals surface area contributed by atoms with Crippen LogP contribution in [-0.2, 0) is 11.3 Å². The number of carbonyl (C=O) groups is 2. The van der Waals surface area contributed by atoms with Crippen molar-refractivity contribution in [1.29, 1.82) is 5.41 Å². The first-order valence-corrected chi connectivity index (χ1v) is 12.5. The number of ether oxygens (including phenoxy) is 2. The van der Waals surface area contributed by atoms with Crippen LogP contribution in [-0.4, -0.2) is 36.0 Å². The van der Waals surface area contributed by atoms with Crippen molar-refractivity contribution in [2.75, 3.05) is 28.6 Å². The number of carbonyl (C=O) groups excluding carboxylic acids is 1. The van der Waals surface area contributed by atoms with Gasteiger partial charge in [0.25, 0.3) is 5.91 Å². The van der Waals surface area contributed by atoms with Gasteiger partial charge in [-0.25, -0.2) is 4.79 Å². The van der Waals surface area contributed by atoms with Crippen LogP contribution >= 0.6 is 23.7 Å². The number of carboxylic acids is 1. The second-order valence-corrected chi connectivity index (χ2v) is 8.66. The van der Waals surface area contributed by atoms with Crippen LogP contribution in [0.25, 0.3) is 0 Å². The fraction of sp³-hybridized carbons (Fsp3) is 0.160. The Morgan fingerprint density at radius 1 is 1.08 bits per heavy atom. The molecule has 0 atom stereocenters. The first kappa shape index (κ1) is 28.4. The molecular formula is C25H27ClN6O5S. The molecular weight excluding hydrogens is 532 g/mol. The van der Waals surface area contributed by atoms with Gasteiger partial charge in [0.15, 0.2) is 18.1 Å². The van der Waals surface area contributed by atoms with E-state index in [1.165, 1.54) is 6.07 Å². The Bertz CT molecular complexity index is 1320. The number of hydrogen-bond donors (Lipinski definition) is 7. The van der Waals surface area contributed by atoms with Gasteiger partial charge in [-0.1, -0.05) is 11.6 Å². The van der Waals surface area contributed by atoms with E-state index in [1.807, 2.05) is 0 Å². The number of halogens is 1. The molecule has 0 heterocycles. The van der Waals surface area contributed by atoms with E-state index in [1.54, 1.807) is 55.5 Å². The highest BCUT2D eigenvalue weighted by Crippen LogP contribution is 2.36. The number of amides is 1. The summed E-state index contributed by atoms with van der Waals surface area (Å²) in [6.45, 7) is 1.70. The van der Waals surface area contributed by atoms with Gasteiger partial charge >= 0.3 is 5.97 Å². The van der Waals surface area contributed by atoms with E-state index in [4.69, 9.17) is 42.5 Å². The molecule has 3 aromatic carbocycles. The van der Waals surface area contributed by atoms with Crippen molar-refractivity contribution < 1.29 is 24.2 Å². The van der Waals surface area contributed by atoms with Gasteiger partial charge < -0.3 is 35.7 Å². The number of nitrogens with two attached hydrogens (primary N) is 2. The summed E-state index contributed by atoms with van der Waals surface area (Å²) in [4.78, 5) is 24.3. The number of aliphatic carboxylic acids is 1. The number of nitrogens with one attached hydrogen (secondary N) is 4. The normalized spacial score (nSPS) is 10.4. The van der Waals surface area contributed by atoms with Crippen molar-refractivity contribution >= 4 is 58.5 Å². The highest BCUT2D eigenvalue weighted by atomic mass is 35.5. The molecule has 9 N–H and O–H groups in total. The van der Waals surface area contributed by atoms with Gasteiger partial charge in [0.2, 0.25) is 0 Å². The van der Waals surface area contributed by atoms with Gasteiger partial charge in [-0.2, -0.15) is 0 Å². The monoisotopic (exact) mass is 558 g/mol. The van der Waals surface area contributed by atoms with Crippen molar-refractivity contribution in [3.8, 4) is 11.5 Å². The number of carboxylic acid groups (broad SMARTS) is 1. The van der Waals surface area contributed by atoms with Crippen LogP contribution in [0, 0.1) is 5.41 Å². The SMILES string of the molecule is CCOc1cc(NSN)cc(CNc2ccc(Cl)cc2C(=O)Nc2ccc(C(=N)N)cc2)c1OCC(=O)O. The van der Waals surface area contributed by atoms with Crippen LogP contribution < -0.4 is 35.7 Å². The molecule has 38 heavy (non-hydrogen) atoms. The number of anilines is 3. The number of amidine groups is 1. The van der Waals surface area contributed by atoms with Crippen LogP contribution in [0.4, 0.5) is 17.1 Å². The molecule has 3 aromatic rings. The minimum Gasteiger partial charge on any atom is -0.490 e. The zero-order valence-corrected chi connectivity index (χ0v) is 21.9. The molecule has 0 radical (unpaired) electrons. The van der Waals surface area contributed by atoms with Crippen LogP contribution in [0.15, 0.2) is 54.6 Å². The molecule has 0 saturated carbocycles. The number of benzene rings is 3. The van der Waals surface area contributed by atoms with Gasteiger partial charge in [-0.05, 0) is 55.5 Å². The average Bonchev–Trinajstić information content (AvgIpc) is 2.88. The molecule has 0 bridgehead atoms. The maximum atomic E-state index is 13.1. The summed E-state index contributed by atoms with van der Waals surface area (Å²) >= 11 is 7.08. The lowest BCUT2D eigenvalue weighted by Gasteiger charge is -2.19. The Hall–Kier alpha value is -4.13. The molecule has 0 aliphatic heterocycles. The van der Waals surface area contributed by atoms with E-state index < -0.39 is 18.5 Å². The zero-order chi connectivity index (χ0) is 27.7. The summed E-state index contributed by atoms with van der Waals surface area (Å²) in [5.74, 6) is -1.04. The molecule has 0 unspecified atom stereocenters. The molecule has 0 aliphatic rings. The lowest BCUT2D eigenvalue weighted by Crippen LogP contribution is -2.16. The average molecular weight is 559 g/mol. The standard InChI is InChI=1S/C25H27ClN6O5S/c1-2-36-21-11-18(32-38-29)9-15(23(21)37-13-22(33)34)12-30-20-8-5-16(26)10-19(20)25(35)31-17-6-3-14(4-7-17)24(27)28/h3-11,30,32H,2,12-13,29H2,1H3,(H3,27,28)(H,31,35)(H,33,34). The van der Waals surface area contributed by atoms with Crippen molar-refractivity contribution in [3.63, 3.8) is 0 Å². The molecule has 200 valence electrons. The Balaban J connectivity index is 1.89. The Kier molecular flexibility index (Phi) is 10.0. The molecule has 3 rings (SSSR count). The maximum absolute atomic E-state index is 13.1. The first-order chi connectivity index (χ1) is 18.2. The summed E-state index contributed by atoms with van der Waals surface area (Å²) in [7, 11) is 0. The fourth-order valence-corrected chi connectivity index (χ4v) is 3.89. The molecule has 0 spiro atoms. The largest absolute Gasteiger partial charge is 0.490 e. The smallest absolute Gasteiger partial charge is 0.341 e. The minimum atomic E-state index is -1.14. The van der Waals surface area contributed by atoms with Crippen LogP contribution in [0.2, 0.25) is 5.02 Å². The van der Waals surface area contributed by atoms with E-state index in [9.17, 15) is 9.59 Å². The van der Waals surface area contributed by atoms with E-state index in [0.29, 0.717) is 45.6 Å². The Labute approximate surface area is 228 Å². The molecule has 0 saturated heterocycles. The number of hydrogen-bond acceptors (Lipinski definition) is 9. The van der Waals surface area contributed by atoms with Gasteiger partial charge in [-0.15, -0.1) is 0 Å². The van der Waals surface area contributed by atoms with Gasteiger partial charge in [-0.3, -0.25) is 15.3 Å².